The van der Waals surface area contributed by atoms with E-state index >= 15 is 0 Å². The molecule has 0 radical (unpaired) electrons. The molecule has 0 amide bonds. The molecular weight excluding hydrogens is 511 g/mol. The third-order valence-corrected chi connectivity index (χ3v) is 9.01. The molecule has 226 valence electrons. The second-order valence-corrected chi connectivity index (χ2v) is 17.9. The van der Waals surface area contributed by atoms with Gasteiger partial charge in [-0.1, -0.05) is 139 Å². The standard InChI is InChI=1S/C36H60O3P/c1-33(2,3)27-21-18-22-28(34(4,5)6)31(27)26(20-16-14-13-15-17-25-40(37,38)39)32-29(35(7,8)9)23-19-24-30(32)36(10,11)12/h18-19,21-24,26,37-39H,13-17,20,25H2,1-12H3/q+1. The Kier molecular flexibility index (Phi) is 11.3. The zero-order valence-corrected chi connectivity index (χ0v) is 28.7. The van der Waals surface area contributed by atoms with Crippen molar-refractivity contribution in [2.75, 3.05) is 6.16 Å². The SMILES string of the molecule is CC(C)(C)c1cccc(C(C)(C)C)c1C(CCCCCCC[P+](O)(O)O)c1c(C(C)(C)C)cccc1C(C)(C)C. The number of unbranched alkanes of at least 4 members (excludes halogenated alkanes) is 4. The molecule has 2 aromatic carbocycles. The fourth-order valence-corrected chi connectivity index (χ4v) is 6.78. The average molecular weight is 572 g/mol. The fraction of sp³-hybridized carbons (Fsp3) is 0.667. The van der Waals surface area contributed by atoms with Crippen LogP contribution < -0.4 is 0 Å². The summed E-state index contributed by atoms with van der Waals surface area (Å²) in [6, 6.07) is 14.0. The number of hydrogen-bond donors (Lipinski definition) is 3. The zero-order valence-electron chi connectivity index (χ0n) is 27.8. The number of rotatable bonds is 10. The van der Waals surface area contributed by atoms with Crippen LogP contribution in [0, 0.1) is 0 Å². The van der Waals surface area contributed by atoms with Crippen LogP contribution in [0.4, 0.5) is 0 Å². The lowest BCUT2D eigenvalue weighted by Gasteiger charge is -2.39. The highest BCUT2D eigenvalue weighted by Gasteiger charge is 2.35. The Hall–Kier alpha value is -1.25. The molecule has 0 unspecified atom stereocenters. The van der Waals surface area contributed by atoms with Gasteiger partial charge in [-0.25, -0.2) is 0 Å². The summed E-state index contributed by atoms with van der Waals surface area (Å²) >= 11 is 0. The van der Waals surface area contributed by atoms with E-state index in [4.69, 9.17) is 0 Å². The molecule has 2 aromatic rings. The van der Waals surface area contributed by atoms with Crippen molar-refractivity contribution in [2.24, 2.45) is 0 Å². The summed E-state index contributed by atoms with van der Waals surface area (Å²) in [4.78, 5) is 28.0. The predicted octanol–water partition coefficient (Wildman–Crippen LogP) is 10.1. The van der Waals surface area contributed by atoms with E-state index in [0.29, 0.717) is 6.42 Å². The van der Waals surface area contributed by atoms with Gasteiger partial charge in [0.25, 0.3) is 0 Å². The lowest BCUT2D eigenvalue weighted by molar-refractivity contribution is 0.328. The molecule has 0 saturated carbocycles. The van der Waals surface area contributed by atoms with Crippen molar-refractivity contribution >= 4 is 7.94 Å². The first-order valence-electron chi connectivity index (χ1n) is 15.4. The topological polar surface area (TPSA) is 60.7 Å². The Morgan fingerprint density at radius 1 is 0.500 bits per heavy atom. The smallest absolute Gasteiger partial charge is 0.193 e. The van der Waals surface area contributed by atoms with Gasteiger partial charge in [-0.2, -0.15) is 14.7 Å². The van der Waals surface area contributed by atoms with E-state index in [2.05, 4.69) is 119 Å². The maximum atomic E-state index is 9.33. The van der Waals surface area contributed by atoms with Crippen molar-refractivity contribution in [3.8, 4) is 0 Å². The van der Waals surface area contributed by atoms with Crippen molar-refractivity contribution in [1.82, 2.24) is 0 Å². The normalized spacial score (nSPS) is 13.8. The molecule has 3 nitrogen and oxygen atoms in total. The maximum absolute atomic E-state index is 9.33. The molecule has 4 heteroatoms. The zero-order chi connectivity index (χ0) is 30.7. The monoisotopic (exact) mass is 571 g/mol. The van der Waals surface area contributed by atoms with Gasteiger partial charge in [0.05, 0.1) is 0 Å². The van der Waals surface area contributed by atoms with Crippen LogP contribution >= 0.6 is 7.94 Å². The van der Waals surface area contributed by atoms with Crippen LogP contribution in [0.25, 0.3) is 0 Å². The third kappa shape index (κ3) is 9.65. The highest BCUT2D eigenvalue weighted by molar-refractivity contribution is 7.58. The third-order valence-electron chi connectivity index (χ3n) is 8.09. The molecule has 0 saturated heterocycles. The highest BCUT2D eigenvalue weighted by Crippen LogP contribution is 2.48. The molecule has 0 aliphatic rings. The summed E-state index contributed by atoms with van der Waals surface area (Å²) in [5.74, 6) is 0.278. The molecule has 0 heterocycles. The Balaban J connectivity index is 2.75. The van der Waals surface area contributed by atoms with E-state index in [1.807, 2.05) is 0 Å². The van der Waals surface area contributed by atoms with Crippen LogP contribution in [0.3, 0.4) is 0 Å². The molecule has 0 spiro atoms. The lowest BCUT2D eigenvalue weighted by atomic mass is 9.65. The van der Waals surface area contributed by atoms with Crippen LogP contribution in [0.15, 0.2) is 36.4 Å². The van der Waals surface area contributed by atoms with Gasteiger partial charge in [0.2, 0.25) is 0 Å². The predicted molar refractivity (Wildman–Crippen MR) is 176 cm³/mol. The lowest BCUT2D eigenvalue weighted by Crippen LogP contribution is -2.27. The number of hydrogen-bond acceptors (Lipinski definition) is 3. The first kappa shape index (κ1) is 34.9. The van der Waals surface area contributed by atoms with Gasteiger partial charge in [0.1, 0.15) is 6.16 Å². The van der Waals surface area contributed by atoms with Crippen molar-refractivity contribution in [3.05, 3.63) is 69.8 Å². The second-order valence-electron chi connectivity index (χ2n) is 16.1. The summed E-state index contributed by atoms with van der Waals surface area (Å²) in [7, 11) is -3.65. The summed E-state index contributed by atoms with van der Waals surface area (Å²) in [5.41, 5.74) is 8.88. The largest absolute Gasteiger partial charge is 0.403 e. The minimum Gasteiger partial charge on any atom is -0.193 e. The molecular formula is C36H60O3P+. The van der Waals surface area contributed by atoms with Crippen molar-refractivity contribution in [1.29, 1.82) is 0 Å². The Morgan fingerprint density at radius 3 is 1.10 bits per heavy atom. The average Bonchev–Trinajstić information content (AvgIpc) is 2.77. The molecule has 0 aliphatic carbocycles. The maximum Gasteiger partial charge on any atom is 0.403 e. The number of benzene rings is 2. The van der Waals surface area contributed by atoms with Crippen molar-refractivity contribution in [3.63, 3.8) is 0 Å². The molecule has 0 bridgehead atoms. The van der Waals surface area contributed by atoms with E-state index in [9.17, 15) is 14.7 Å². The van der Waals surface area contributed by atoms with Crippen LogP contribution in [-0.4, -0.2) is 20.8 Å². The molecule has 0 fully saturated rings. The minimum atomic E-state index is -3.65. The molecule has 3 N–H and O–H groups in total. The Labute approximate surface area is 247 Å². The van der Waals surface area contributed by atoms with E-state index in [-0.39, 0.29) is 33.7 Å². The molecule has 2 rings (SSSR count). The van der Waals surface area contributed by atoms with Gasteiger partial charge in [0.15, 0.2) is 0 Å². The van der Waals surface area contributed by atoms with Gasteiger partial charge in [0, 0.05) is 5.92 Å². The van der Waals surface area contributed by atoms with Crippen LogP contribution in [0.5, 0.6) is 0 Å². The summed E-state index contributed by atoms with van der Waals surface area (Å²) in [6.07, 6.45) is 5.98. The molecule has 0 aromatic heterocycles. The second kappa shape index (κ2) is 12.9. The molecule has 0 atom stereocenters. The van der Waals surface area contributed by atoms with Gasteiger partial charge < -0.3 is 0 Å². The van der Waals surface area contributed by atoms with E-state index in [0.717, 1.165) is 32.1 Å². The summed E-state index contributed by atoms with van der Waals surface area (Å²) in [6.45, 7) is 28.2. The fourth-order valence-electron chi connectivity index (χ4n) is 6.13. The van der Waals surface area contributed by atoms with E-state index < -0.39 is 7.94 Å². The summed E-state index contributed by atoms with van der Waals surface area (Å²) < 4.78 is 0. The first-order valence-corrected chi connectivity index (χ1v) is 17.2. The van der Waals surface area contributed by atoms with Gasteiger partial charge in [-0.15, -0.1) is 0 Å². The molecule has 0 aliphatic heterocycles. The van der Waals surface area contributed by atoms with Gasteiger partial charge in [-0.3, -0.25) is 0 Å². The van der Waals surface area contributed by atoms with Crippen LogP contribution in [0.1, 0.15) is 161 Å². The Bertz CT molecular complexity index is 959. The van der Waals surface area contributed by atoms with E-state index in [1.165, 1.54) is 33.4 Å². The van der Waals surface area contributed by atoms with Gasteiger partial charge >= 0.3 is 7.94 Å². The van der Waals surface area contributed by atoms with Gasteiger partial charge in [-0.05, 0) is 74.3 Å². The Morgan fingerprint density at radius 2 is 0.800 bits per heavy atom. The first-order chi connectivity index (χ1) is 18.0. The highest BCUT2D eigenvalue weighted by atomic mass is 31.2. The summed E-state index contributed by atoms with van der Waals surface area (Å²) in [5, 5.41) is 0. The van der Waals surface area contributed by atoms with Crippen molar-refractivity contribution < 1.29 is 14.7 Å². The molecule has 40 heavy (non-hydrogen) atoms. The van der Waals surface area contributed by atoms with Crippen LogP contribution in [-0.2, 0) is 21.7 Å². The quantitative estimate of drug-likeness (QED) is 0.196. The minimum absolute atomic E-state index is 0.0158. The van der Waals surface area contributed by atoms with Crippen LogP contribution in [0.2, 0.25) is 0 Å². The van der Waals surface area contributed by atoms with E-state index in [1.54, 1.807) is 0 Å². The van der Waals surface area contributed by atoms with Crippen molar-refractivity contribution in [2.45, 2.75) is 149 Å².